The first-order chi connectivity index (χ1) is 16.8. The molecule has 0 rings (SSSR count). The fraction of sp³-hybridized carbons (Fsp3) is 0.955. The van der Waals surface area contributed by atoms with Gasteiger partial charge in [-0.05, 0) is 0 Å². The van der Waals surface area contributed by atoms with Crippen LogP contribution >= 0.6 is 0 Å². The summed E-state index contributed by atoms with van der Waals surface area (Å²) in [5, 5.41) is 0. The third-order valence-electron chi connectivity index (χ3n) is 3.92. The second kappa shape index (κ2) is 30.1. The third-order valence-corrected chi connectivity index (χ3v) is 3.92. The summed E-state index contributed by atoms with van der Waals surface area (Å²) < 4.78 is 52.7. The summed E-state index contributed by atoms with van der Waals surface area (Å²) >= 11 is 0. The van der Waals surface area contributed by atoms with Gasteiger partial charge in [-0.3, -0.25) is 4.79 Å². The minimum atomic E-state index is -0.283. The predicted molar refractivity (Wildman–Crippen MR) is 123 cm³/mol. The Balaban J connectivity index is 3.02. The Morgan fingerprint density at radius 2 is 0.676 bits per heavy atom. The van der Waals surface area contributed by atoms with Gasteiger partial charge in [-0.2, -0.15) is 0 Å². The van der Waals surface area contributed by atoms with Gasteiger partial charge in [0.15, 0.2) is 0 Å². The first-order valence-corrected chi connectivity index (χ1v) is 11.8. The Hall–Kier alpha value is -0.930. The molecule has 0 fully saturated rings. The second-order valence-electron chi connectivity index (χ2n) is 6.63. The molecule has 0 aliphatic carbocycles. The van der Waals surface area contributed by atoms with Crippen molar-refractivity contribution in [1.29, 1.82) is 0 Å². The highest BCUT2D eigenvalue weighted by atomic mass is 16.6. The van der Waals surface area contributed by atoms with Gasteiger partial charge in [-0.25, -0.2) is 0 Å². The minimum Gasteiger partial charge on any atom is -0.469 e. The molecule has 0 radical (unpaired) electrons. The van der Waals surface area contributed by atoms with Crippen molar-refractivity contribution >= 4 is 5.97 Å². The highest BCUT2D eigenvalue weighted by Crippen LogP contribution is 1.88. The van der Waals surface area contributed by atoms with E-state index in [1.807, 2.05) is 0 Å². The zero-order valence-electron chi connectivity index (χ0n) is 20.7. The SMILES string of the molecule is COC(=O)CCOCCOCCOCCOCCOCCOCCOCCOCCOCCN. The lowest BCUT2D eigenvalue weighted by atomic mass is 10.5. The summed E-state index contributed by atoms with van der Waals surface area (Å²) in [7, 11) is 1.35. The summed E-state index contributed by atoms with van der Waals surface area (Å²) in [6, 6.07) is 0. The fourth-order valence-electron chi connectivity index (χ4n) is 2.20. The molecule has 0 saturated carbocycles. The van der Waals surface area contributed by atoms with Gasteiger partial charge < -0.3 is 53.1 Å². The molecular formula is C22H45NO11. The van der Waals surface area contributed by atoms with Crippen LogP contribution in [0, 0.1) is 0 Å². The lowest BCUT2D eigenvalue weighted by Gasteiger charge is -2.08. The molecule has 0 aliphatic heterocycles. The van der Waals surface area contributed by atoms with Crippen LogP contribution in [0.15, 0.2) is 0 Å². The van der Waals surface area contributed by atoms with Gasteiger partial charge in [0.2, 0.25) is 0 Å². The molecule has 0 aliphatic rings. The number of methoxy groups -OCH3 is 1. The summed E-state index contributed by atoms with van der Waals surface area (Å²) in [5.41, 5.74) is 5.31. The quantitative estimate of drug-likeness (QED) is 0.106. The molecule has 2 N–H and O–H groups in total. The molecule has 0 aromatic carbocycles. The number of rotatable bonds is 29. The minimum absolute atomic E-state index is 0.249. The van der Waals surface area contributed by atoms with Crippen molar-refractivity contribution in [2.75, 3.05) is 133 Å². The van der Waals surface area contributed by atoms with E-state index in [1.165, 1.54) is 7.11 Å². The van der Waals surface area contributed by atoms with E-state index in [-0.39, 0.29) is 12.4 Å². The number of ether oxygens (including phenoxy) is 10. The first kappa shape index (κ1) is 33.1. The molecule has 0 unspecified atom stereocenters. The number of hydrogen-bond acceptors (Lipinski definition) is 12. The van der Waals surface area contributed by atoms with Crippen LogP contribution in [0.2, 0.25) is 0 Å². The van der Waals surface area contributed by atoms with E-state index in [4.69, 9.17) is 48.4 Å². The van der Waals surface area contributed by atoms with Gasteiger partial charge in [0.1, 0.15) is 0 Å². The van der Waals surface area contributed by atoms with E-state index in [0.717, 1.165) is 0 Å². The van der Waals surface area contributed by atoms with Gasteiger partial charge in [0.25, 0.3) is 0 Å². The van der Waals surface area contributed by atoms with Crippen LogP contribution < -0.4 is 5.73 Å². The largest absolute Gasteiger partial charge is 0.469 e. The molecule has 0 aromatic heterocycles. The molecule has 0 amide bonds. The molecule has 0 bridgehead atoms. The topological polar surface area (TPSA) is 135 Å². The van der Waals surface area contributed by atoms with Gasteiger partial charge in [0.05, 0.1) is 132 Å². The molecule has 0 saturated heterocycles. The van der Waals surface area contributed by atoms with Crippen LogP contribution in [-0.2, 0) is 52.2 Å². The van der Waals surface area contributed by atoms with Crippen molar-refractivity contribution in [3.8, 4) is 0 Å². The molecule has 12 nitrogen and oxygen atoms in total. The molecular weight excluding hydrogens is 454 g/mol. The average molecular weight is 500 g/mol. The zero-order chi connectivity index (χ0) is 24.8. The molecule has 34 heavy (non-hydrogen) atoms. The van der Waals surface area contributed by atoms with Crippen molar-refractivity contribution in [3.63, 3.8) is 0 Å². The van der Waals surface area contributed by atoms with E-state index in [2.05, 4.69) is 4.74 Å². The second-order valence-corrected chi connectivity index (χ2v) is 6.63. The van der Waals surface area contributed by atoms with E-state index in [0.29, 0.717) is 125 Å². The lowest BCUT2D eigenvalue weighted by molar-refractivity contribution is -0.141. The van der Waals surface area contributed by atoms with E-state index in [1.54, 1.807) is 0 Å². The summed E-state index contributed by atoms with van der Waals surface area (Å²) in [4.78, 5) is 10.9. The Labute approximate surface area is 203 Å². The predicted octanol–water partition coefficient (Wildman–Crippen LogP) is -0.342. The number of carbonyl (C=O) groups is 1. The molecule has 0 aromatic rings. The standard InChI is InChI=1S/C22H45NO11/c1-25-22(24)2-4-26-6-8-28-10-12-30-14-16-32-18-20-34-21-19-33-17-15-31-13-11-29-9-7-27-5-3-23/h2-21,23H2,1H3. The maximum Gasteiger partial charge on any atom is 0.307 e. The van der Waals surface area contributed by atoms with Crippen molar-refractivity contribution in [2.45, 2.75) is 6.42 Å². The van der Waals surface area contributed by atoms with Crippen LogP contribution in [0.25, 0.3) is 0 Å². The highest BCUT2D eigenvalue weighted by Gasteiger charge is 1.99. The summed E-state index contributed by atoms with van der Waals surface area (Å²) in [6.45, 7) is 9.48. The van der Waals surface area contributed by atoms with Crippen LogP contribution in [0.5, 0.6) is 0 Å². The van der Waals surface area contributed by atoms with E-state index in [9.17, 15) is 4.79 Å². The highest BCUT2D eigenvalue weighted by molar-refractivity contribution is 5.69. The molecule has 0 spiro atoms. The zero-order valence-corrected chi connectivity index (χ0v) is 20.7. The Morgan fingerprint density at radius 3 is 0.912 bits per heavy atom. The first-order valence-electron chi connectivity index (χ1n) is 11.8. The van der Waals surface area contributed by atoms with Gasteiger partial charge in [0, 0.05) is 6.54 Å². The Bertz CT molecular complexity index is 405. The molecule has 204 valence electrons. The third kappa shape index (κ3) is 29.1. The molecule has 0 heterocycles. The van der Waals surface area contributed by atoms with Crippen molar-refractivity contribution in [1.82, 2.24) is 0 Å². The van der Waals surface area contributed by atoms with Crippen molar-refractivity contribution < 1.29 is 52.2 Å². The van der Waals surface area contributed by atoms with E-state index < -0.39 is 0 Å². The van der Waals surface area contributed by atoms with Crippen LogP contribution in [0.1, 0.15) is 6.42 Å². The average Bonchev–Trinajstić information content (AvgIpc) is 2.85. The summed E-state index contributed by atoms with van der Waals surface area (Å²) in [5.74, 6) is -0.283. The van der Waals surface area contributed by atoms with Crippen molar-refractivity contribution in [3.05, 3.63) is 0 Å². The lowest BCUT2D eigenvalue weighted by Crippen LogP contribution is -2.15. The number of hydrogen-bond donors (Lipinski definition) is 1. The van der Waals surface area contributed by atoms with E-state index >= 15 is 0 Å². The van der Waals surface area contributed by atoms with Gasteiger partial charge in [-0.1, -0.05) is 0 Å². The summed E-state index contributed by atoms with van der Waals surface area (Å²) in [6.07, 6.45) is 0.249. The smallest absolute Gasteiger partial charge is 0.307 e. The Kier molecular flexibility index (Phi) is 29.3. The van der Waals surface area contributed by atoms with Crippen LogP contribution in [0.4, 0.5) is 0 Å². The van der Waals surface area contributed by atoms with Gasteiger partial charge in [-0.15, -0.1) is 0 Å². The monoisotopic (exact) mass is 499 g/mol. The number of carbonyl (C=O) groups excluding carboxylic acids is 1. The fourth-order valence-corrected chi connectivity index (χ4v) is 2.20. The maximum absolute atomic E-state index is 10.9. The van der Waals surface area contributed by atoms with Crippen LogP contribution in [-0.4, -0.2) is 139 Å². The Morgan fingerprint density at radius 1 is 0.441 bits per heavy atom. The normalized spacial score (nSPS) is 11.2. The number of esters is 1. The van der Waals surface area contributed by atoms with Crippen LogP contribution in [0.3, 0.4) is 0 Å². The van der Waals surface area contributed by atoms with Crippen molar-refractivity contribution in [2.24, 2.45) is 5.73 Å². The molecule has 12 heteroatoms. The maximum atomic E-state index is 10.9. The van der Waals surface area contributed by atoms with Gasteiger partial charge >= 0.3 is 5.97 Å². The molecule has 0 atom stereocenters. The number of nitrogens with two attached hydrogens (primary N) is 1.